The Balaban J connectivity index is 3.90. The maximum atomic E-state index is 5.84. The van der Waals surface area contributed by atoms with Crippen LogP contribution in [0.1, 0.15) is 73.1 Å². The van der Waals surface area contributed by atoms with E-state index in [9.17, 15) is 0 Å². The molecule has 0 radical (unpaired) electrons. The lowest BCUT2D eigenvalue weighted by Crippen LogP contribution is -2.24. The van der Waals surface area contributed by atoms with Crippen molar-refractivity contribution in [2.24, 2.45) is 11.3 Å². The van der Waals surface area contributed by atoms with Gasteiger partial charge in [0.05, 0.1) is 6.61 Å². The molecule has 0 N–H and O–H groups in total. The molecular formula is C15H32O. The van der Waals surface area contributed by atoms with Gasteiger partial charge in [0.1, 0.15) is 0 Å². The van der Waals surface area contributed by atoms with E-state index in [4.69, 9.17) is 4.74 Å². The number of ether oxygens (including phenoxy) is 1. The zero-order chi connectivity index (χ0) is 12.4. The second-order valence-electron chi connectivity index (χ2n) is 5.93. The molecule has 0 aliphatic rings. The van der Waals surface area contributed by atoms with Gasteiger partial charge >= 0.3 is 0 Å². The molecule has 0 heterocycles. The number of unbranched alkanes of at least 4 members (excludes halogenated alkanes) is 2. The van der Waals surface area contributed by atoms with Crippen LogP contribution in [0.2, 0.25) is 0 Å². The third-order valence-corrected chi connectivity index (χ3v) is 3.14. The van der Waals surface area contributed by atoms with E-state index in [2.05, 4.69) is 34.6 Å². The van der Waals surface area contributed by atoms with E-state index < -0.39 is 0 Å². The van der Waals surface area contributed by atoms with Gasteiger partial charge in [-0.3, -0.25) is 0 Å². The van der Waals surface area contributed by atoms with Crippen LogP contribution in [0.15, 0.2) is 0 Å². The van der Waals surface area contributed by atoms with E-state index in [0.717, 1.165) is 13.2 Å². The van der Waals surface area contributed by atoms with Crippen LogP contribution in [0.4, 0.5) is 0 Å². The van der Waals surface area contributed by atoms with Gasteiger partial charge in [-0.1, -0.05) is 60.3 Å². The number of rotatable bonds is 10. The SMILES string of the molecule is CCCCCC(C)(CCC)COCC(C)C. The van der Waals surface area contributed by atoms with Gasteiger partial charge in [-0.2, -0.15) is 0 Å². The normalized spacial score (nSPS) is 15.4. The first-order valence-corrected chi connectivity index (χ1v) is 7.12. The molecule has 0 rings (SSSR count). The molecule has 1 atom stereocenters. The summed E-state index contributed by atoms with van der Waals surface area (Å²) in [6, 6.07) is 0. The summed E-state index contributed by atoms with van der Waals surface area (Å²) >= 11 is 0. The summed E-state index contributed by atoms with van der Waals surface area (Å²) < 4.78 is 5.84. The highest BCUT2D eigenvalue weighted by Crippen LogP contribution is 2.30. The summed E-state index contributed by atoms with van der Waals surface area (Å²) in [5.74, 6) is 0.654. The molecule has 0 saturated carbocycles. The van der Waals surface area contributed by atoms with Crippen LogP contribution in [-0.4, -0.2) is 13.2 Å². The van der Waals surface area contributed by atoms with Crippen LogP contribution in [0.5, 0.6) is 0 Å². The maximum Gasteiger partial charge on any atom is 0.0519 e. The third kappa shape index (κ3) is 8.15. The van der Waals surface area contributed by atoms with Crippen LogP contribution in [0.3, 0.4) is 0 Å². The van der Waals surface area contributed by atoms with Gasteiger partial charge in [0.15, 0.2) is 0 Å². The summed E-state index contributed by atoms with van der Waals surface area (Å²) in [7, 11) is 0. The molecule has 16 heavy (non-hydrogen) atoms. The lowest BCUT2D eigenvalue weighted by Gasteiger charge is -2.29. The Bertz CT molecular complexity index is 154. The molecule has 98 valence electrons. The largest absolute Gasteiger partial charge is 0.381 e. The number of hydrogen-bond acceptors (Lipinski definition) is 1. The van der Waals surface area contributed by atoms with E-state index in [0.29, 0.717) is 11.3 Å². The zero-order valence-electron chi connectivity index (χ0n) is 12.1. The smallest absolute Gasteiger partial charge is 0.0519 e. The number of hydrogen-bond donors (Lipinski definition) is 0. The molecule has 0 aromatic heterocycles. The molecule has 0 fully saturated rings. The Morgan fingerprint density at radius 1 is 1.00 bits per heavy atom. The van der Waals surface area contributed by atoms with Crippen LogP contribution in [-0.2, 0) is 4.74 Å². The van der Waals surface area contributed by atoms with Gasteiger partial charge in [-0.05, 0) is 24.2 Å². The third-order valence-electron chi connectivity index (χ3n) is 3.14. The first kappa shape index (κ1) is 16.0. The highest BCUT2D eigenvalue weighted by molar-refractivity contribution is 4.73. The standard InChI is InChI=1S/C15H32O/c1-6-8-9-11-15(5,10-7-2)13-16-12-14(3)4/h14H,6-13H2,1-5H3. The molecule has 0 saturated heterocycles. The fraction of sp³-hybridized carbons (Fsp3) is 1.00. The molecule has 1 unspecified atom stereocenters. The van der Waals surface area contributed by atoms with Crippen molar-refractivity contribution in [1.82, 2.24) is 0 Å². The predicted octanol–water partition coefficient (Wildman–Crippen LogP) is 5.05. The lowest BCUT2D eigenvalue weighted by molar-refractivity contribution is 0.0279. The fourth-order valence-electron chi connectivity index (χ4n) is 2.22. The van der Waals surface area contributed by atoms with Crippen molar-refractivity contribution in [3.05, 3.63) is 0 Å². The summed E-state index contributed by atoms with van der Waals surface area (Å²) in [5.41, 5.74) is 0.415. The van der Waals surface area contributed by atoms with Crippen molar-refractivity contribution in [1.29, 1.82) is 0 Å². The Morgan fingerprint density at radius 2 is 1.69 bits per heavy atom. The van der Waals surface area contributed by atoms with Crippen molar-refractivity contribution in [3.63, 3.8) is 0 Å². The summed E-state index contributed by atoms with van der Waals surface area (Å²) in [4.78, 5) is 0. The van der Waals surface area contributed by atoms with Gasteiger partial charge in [-0.25, -0.2) is 0 Å². The van der Waals surface area contributed by atoms with Gasteiger partial charge in [-0.15, -0.1) is 0 Å². The molecule has 0 aliphatic heterocycles. The Labute approximate surface area is 103 Å². The summed E-state index contributed by atoms with van der Waals surface area (Å²) in [6.45, 7) is 13.2. The average molecular weight is 228 g/mol. The summed E-state index contributed by atoms with van der Waals surface area (Å²) in [5, 5.41) is 0. The first-order valence-electron chi connectivity index (χ1n) is 7.12. The van der Waals surface area contributed by atoms with E-state index in [1.54, 1.807) is 0 Å². The zero-order valence-corrected chi connectivity index (χ0v) is 12.1. The molecule has 0 aliphatic carbocycles. The van der Waals surface area contributed by atoms with Crippen molar-refractivity contribution in [3.8, 4) is 0 Å². The lowest BCUT2D eigenvalue weighted by atomic mass is 9.81. The minimum atomic E-state index is 0.415. The topological polar surface area (TPSA) is 9.23 Å². The minimum absolute atomic E-state index is 0.415. The first-order chi connectivity index (χ1) is 7.54. The van der Waals surface area contributed by atoms with Gasteiger partial charge in [0.25, 0.3) is 0 Å². The Hall–Kier alpha value is -0.0400. The van der Waals surface area contributed by atoms with E-state index >= 15 is 0 Å². The molecule has 1 nitrogen and oxygen atoms in total. The van der Waals surface area contributed by atoms with Crippen LogP contribution >= 0.6 is 0 Å². The molecule has 0 aromatic rings. The average Bonchev–Trinajstić information content (AvgIpc) is 2.18. The van der Waals surface area contributed by atoms with E-state index in [1.165, 1.54) is 38.5 Å². The maximum absolute atomic E-state index is 5.84. The minimum Gasteiger partial charge on any atom is -0.381 e. The van der Waals surface area contributed by atoms with Gasteiger partial charge in [0, 0.05) is 6.61 Å². The van der Waals surface area contributed by atoms with Crippen LogP contribution in [0, 0.1) is 11.3 Å². The van der Waals surface area contributed by atoms with E-state index in [1.807, 2.05) is 0 Å². The molecule has 0 aromatic carbocycles. The predicted molar refractivity (Wildman–Crippen MR) is 72.8 cm³/mol. The van der Waals surface area contributed by atoms with Crippen molar-refractivity contribution in [2.45, 2.75) is 73.1 Å². The fourth-order valence-corrected chi connectivity index (χ4v) is 2.22. The Kier molecular flexibility index (Phi) is 9.02. The monoisotopic (exact) mass is 228 g/mol. The van der Waals surface area contributed by atoms with E-state index in [-0.39, 0.29) is 0 Å². The Morgan fingerprint density at radius 3 is 2.19 bits per heavy atom. The highest BCUT2D eigenvalue weighted by atomic mass is 16.5. The van der Waals surface area contributed by atoms with Crippen molar-refractivity contribution < 1.29 is 4.74 Å². The second kappa shape index (κ2) is 9.04. The highest BCUT2D eigenvalue weighted by Gasteiger charge is 2.23. The van der Waals surface area contributed by atoms with Crippen LogP contribution in [0.25, 0.3) is 0 Å². The second-order valence-corrected chi connectivity index (χ2v) is 5.93. The quantitative estimate of drug-likeness (QED) is 0.476. The van der Waals surface area contributed by atoms with Gasteiger partial charge in [0.2, 0.25) is 0 Å². The molecule has 0 spiro atoms. The molecule has 0 amide bonds. The molecule has 0 bridgehead atoms. The van der Waals surface area contributed by atoms with Crippen molar-refractivity contribution >= 4 is 0 Å². The van der Waals surface area contributed by atoms with Gasteiger partial charge < -0.3 is 4.74 Å². The van der Waals surface area contributed by atoms with Crippen molar-refractivity contribution in [2.75, 3.05) is 13.2 Å². The summed E-state index contributed by atoms with van der Waals surface area (Å²) in [6.07, 6.45) is 7.94. The van der Waals surface area contributed by atoms with Crippen LogP contribution < -0.4 is 0 Å². The molecular weight excluding hydrogens is 196 g/mol. The molecule has 1 heteroatoms.